The third-order valence-electron chi connectivity index (χ3n) is 1.59. The van der Waals surface area contributed by atoms with E-state index in [9.17, 15) is 8.78 Å². The predicted octanol–water partition coefficient (Wildman–Crippen LogP) is 1.15. The third-order valence-corrected chi connectivity index (χ3v) is 2.58. The SMILES string of the molecule is FC(F)OC1=C([SiH3])CCC=C1. The Bertz CT molecular complexity index is 199. The van der Waals surface area contributed by atoms with E-state index in [0.29, 0.717) is 5.76 Å². The zero-order valence-corrected chi connectivity index (χ0v) is 8.31. The molecule has 0 radical (unpaired) electrons. The molecule has 1 nitrogen and oxygen atoms in total. The van der Waals surface area contributed by atoms with E-state index < -0.39 is 6.61 Å². The second-order valence-corrected chi connectivity index (χ2v) is 3.67. The van der Waals surface area contributed by atoms with Crippen LogP contribution in [0, 0.1) is 0 Å². The summed E-state index contributed by atoms with van der Waals surface area (Å²) in [7, 11) is 0.809. The maximum atomic E-state index is 11.7. The maximum absolute atomic E-state index is 11.7. The molecule has 0 spiro atoms. The maximum Gasteiger partial charge on any atom is 0.387 e. The van der Waals surface area contributed by atoms with E-state index in [1.807, 2.05) is 6.08 Å². The normalized spacial score (nSPS) is 18.1. The Hall–Kier alpha value is -0.643. The second-order valence-electron chi connectivity index (χ2n) is 2.46. The molecule has 0 bridgehead atoms. The number of halogens is 2. The number of hydrogen-bond donors (Lipinski definition) is 0. The fourth-order valence-corrected chi connectivity index (χ4v) is 1.56. The zero-order chi connectivity index (χ0) is 8.27. The first-order chi connectivity index (χ1) is 5.20. The Morgan fingerprint density at radius 2 is 2.27 bits per heavy atom. The minimum atomic E-state index is -2.68. The van der Waals surface area contributed by atoms with Gasteiger partial charge in [0.05, 0.1) is 0 Å². The lowest BCUT2D eigenvalue weighted by molar-refractivity contribution is -0.0928. The second kappa shape index (κ2) is 3.66. The molecule has 0 aromatic rings. The molecule has 1 aliphatic rings. The van der Waals surface area contributed by atoms with Crippen LogP contribution in [0.3, 0.4) is 0 Å². The number of ether oxygens (including phenoxy) is 1. The molecule has 0 unspecified atom stereocenters. The molecule has 1 rings (SSSR count). The summed E-state index contributed by atoms with van der Waals surface area (Å²) in [5.41, 5.74) is 0. The summed E-state index contributed by atoms with van der Waals surface area (Å²) in [4.78, 5) is 0. The van der Waals surface area contributed by atoms with Crippen molar-refractivity contribution in [1.29, 1.82) is 0 Å². The standard InChI is InChI=1S/C7H10F2OSi/c8-7(9)10-5-3-1-2-4-6(5)11/h1,3,7H,2,4H2,11H3. The van der Waals surface area contributed by atoms with E-state index in [1.165, 1.54) is 0 Å². The van der Waals surface area contributed by atoms with E-state index in [0.717, 1.165) is 28.3 Å². The van der Waals surface area contributed by atoms with Crippen LogP contribution in [0.5, 0.6) is 0 Å². The molecule has 0 aliphatic heterocycles. The fraction of sp³-hybridized carbons (Fsp3) is 0.429. The third kappa shape index (κ3) is 2.46. The topological polar surface area (TPSA) is 9.23 Å². The zero-order valence-electron chi connectivity index (χ0n) is 6.31. The highest BCUT2D eigenvalue weighted by Crippen LogP contribution is 2.18. The van der Waals surface area contributed by atoms with Crippen LogP contribution >= 0.6 is 0 Å². The van der Waals surface area contributed by atoms with Gasteiger partial charge in [0.15, 0.2) is 0 Å². The molecule has 62 valence electrons. The van der Waals surface area contributed by atoms with Crippen molar-refractivity contribution in [2.24, 2.45) is 0 Å². The molecule has 11 heavy (non-hydrogen) atoms. The summed E-state index contributed by atoms with van der Waals surface area (Å²) in [5, 5.41) is 1.04. The number of hydrogen-bond acceptors (Lipinski definition) is 1. The van der Waals surface area contributed by atoms with Gasteiger partial charge in [0.1, 0.15) is 5.76 Å². The number of alkyl halides is 2. The van der Waals surface area contributed by atoms with Crippen molar-refractivity contribution >= 4 is 10.2 Å². The summed E-state index contributed by atoms with van der Waals surface area (Å²) in [6.07, 6.45) is 5.33. The van der Waals surface area contributed by atoms with Gasteiger partial charge in [-0.1, -0.05) is 11.3 Å². The van der Waals surface area contributed by atoms with E-state index in [-0.39, 0.29) is 0 Å². The molecule has 0 saturated heterocycles. The lowest BCUT2D eigenvalue weighted by atomic mass is 10.2. The largest absolute Gasteiger partial charge is 0.435 e. The van der Waals surface area contributed by atoms with Gasteiger partial charge in [-0.15, -0.1) is 0 Å². The molecule has 0 atom stereocenters. The Labute approximate surface area is 67.2 Å². The van der Waals surface area contributed by atoms with E-state index in [2.05, 4.69) is 4.74 Å². The van der Waals surface area contributed by atoms with Crippen LogP contribution in [0.4, 0.5) is 8.78 Å². The summed E-state index contributed by atoms with van der Waals surface area (Å²) in [6, 6.07) is 0. The fourth-order valence-electron chi connectivity index (χ4n) is 0.992. The van der Waals surface area contributed by atoms with Crippen LogP contribution in [0.2, 0.25) is 0 Å². The van der Waals surface area contributed by atoms with Crippen LogP contribution in [-0.4, -0.2) is 16.9 Å². The van der Waals surface area contributed by atoms with Crippen molar-refractivity contribution in [1.82, 2.24) is 0 Å². The van der Waals surface area contributed by atoms with Gasteiger partial charge in [-0.2, -0.15) is 8.78 Å². The summed E-state index contributed by atoms with van der Waals surface area (Å²) < 4.78 is 27.7. The molecule has 0 saturated carbocycles. The lowest BCUT2D eigenvalue weighted by Gasteiger charge is -2.12. The average Bonchev–Trinajstić information content (AvgIpc) is 1.93. The minimum absolute atomic E-state index is 0.387. The number of rotatable bonds is 2. The minimum Gasteiger partial charge on any atom is -0.435 e. The highest BCUT2D eigenvalue weighted by molar-refractivity contribution is 6.22. The molecular formula is C7H10F2OSi. The molecule has 0 amide bonds. The first-order valence-electron chi connectivity index (χ1n) is 3.51. The average molecular weight is 176 g/mol. The van der Waals surface area contributed by atoms with Crippen molar-refractivity contribution in [2.45, 2.75) is 19.5 Å². The van der Waals surface area contributed by atoms with Crippen LogP contribution < -0.4 is 0 Å². The molecule has 4 heteroatoms. The molecular weight excluding hydrogens is 166 g/mol. The molecule has 0 N–H and O–H groups in total. The highest BCUT2D eigenvalue weighted by Gasteiger charge is 2.09. The van der Waals surface area contributed by atoms with Crippen LogP contribution in [0.25, 0.3) is 0 Å². The Morgan fingerprint density at radius 1 is 1.55 bits per heavy atom. The molecule has 0 aromatic heterocycles. The van der Waals surface area contributed by atoms with Crippen molar-refractivity contribution in [2.75, 3.05) is 0 Å². The van der Waals surface area contributed by atoms with Gasteiger partial charge in [0.2, 0.25) is 0 Å². The summed E-state index contributed by atoms with van der Waals surface area (Å²) in [6.45, 7) is -2.68. The summed E-state index contributed by atoms with van der Waals surface area (Å²) >= 11 is 0. The Morgan fingerprint density at radius 3 is 2.82 bits per heavy atom. The number of allylic oxidation sites excluding steroid dienone is 3. The van der Waals surface area contributed by atoms with Crippen LogP contribution in [-0.2, 0) is 4.74 Å². The van der Waals surface area contributed by atoms with E-state index >= 15 is 0 Å². The van der Waals surface area contributed by atoms with Gasteiger partial charge in [0.25, 0.3) is 0 Å². The van der Waals surface area contributed by atoms with Crippen molar-refractivity contribution in [3.63, 3.8) is 0 Å². The first-order valence-corrected chi connectivity index (χ1v) is 4.51. The van der Waals surface area contributed by atoms with Crippen LogP contribution in [0.1, 0.15) is 12.8 Å². The van der Waals surface area contributed by atoms with Gasteiger partial charge >= 0.3 is 6.61 Å². The van der Waals surface area contributed by atoms with Crippen LogP contribution in [0.15, 0.2) is 23.1 Å². The van der Waals surface area contributed by atoms with Crippen molar-refractivity contribution < 1.29 is 13.5 Å². The monoisotopic (exact) mass is 176 g/mol. The van der Waals surface area contributed by atoms with Gasteiger partial charge in [-0.3, -0.25) is 0 Å². The molecule has 0 aromatic carbocycles. The molecule has 1 aliphatic carbocycles. The van der Waals surface area contributed by atoms with Crippen molar-refractivity contribution in [3.05, 3.63) is 23.1 Å². The molecule has 0 heterocycles. The smallest absolute Gasteiger partial charge is 0.387 e. The first kappa shape index (κ1) is 8.45. The van der Waals surface area contributed by atoms with E-state index in [1.54, 1.807) is 6.08 Å². The van der Waals surface area contributed by atoms with Gasteiger partial charge in [-0.05, 0) is 18.9 Å². The summed E-state index contributed by atoms with van der Waals surface area (Å²) in [5.74, 6) is 0.387. The molecule has 0 fully saturated rings. The Kier molecular flexibility index (Phi) is 2.81. The van der Waals surface area contributed by atoms with E-state index in [4.69, 9.17) is 0 Å². The lowest BCUT2D eigenvalue weighted by Crippen LogP contribution is -2.03. The van der Waals surface area contributed by atoms with Gasteiger partial charge < -0.3 is 4.74 Å². The van der Waals surface area contributed by atoms with Gasteiger partial charge in [0, 0.05) is 10.2 Å². The van der Waals surface area contributed by atoms with Crippen molar-refractivity contribution in [3.8, 4) is 0 Å². The Balaban J connectivity index is 2.60. The highest BCUT2D eigenvalue weighted by atomic mass is 28.1. The van der Waals surface area contributed by atoms with Gasteiger partial charge in [-0.25, -0.2) is 0 Å². The quantitative estimate of drug-likeness (QED) is 0.573. The predicted molar refractivity (Wildman–Crippen MR) is 42.4 cm³/mol.